The van der Waals surface area contributed by atoms with Crippen LogP contribution in [0.5, 0.6) is 5.75 Å². The SMILES string of the molecule is CCC(C)OCC(NC)c1ccccc1OC. The van der Waals surface area contributed by atoms with E-state index in [1.807, 2.05) is 25.2 Å². The quantitative estimate of drug-likeness (QED) is 0.791. The Balaban J connectivity index is 2.72. The van der Waals surface area contributed by atoms with Gasteiger partial charge in [-0.3, -0.25) is 0 Å². The van der Waals surface area contributed by atoms with Gasteiger partial charge in [0.2, 0.25) is 0 Å². The summed E-state index contributed by atoms with van der Waals surface area (Å²) in [5, 5.41) is 3.27. The van der Waals surface area contributed by atoms with Gasteiger partial charge in [0.1, 0.15) is 5.75 Å². The summed E-state index contributed by atoms with van der Waals surface area (Å²) in [6.45, 7) is 4.88. The first kappa shape index (κ1) is 14.0. The van der Waals surface area contributed by atoms with Gasteiger partial charge < -0.3 is 14.8 Å². The molecular weight excluding hydrogens is 214 g/mol. The summed E-state index contributed by atoms with van der Waals surface area (Å²) in [6.07, 6.45) is 1.32. The van der Waals surface area contributed by atoms with E-state index >= 15 is 0 Å². The lowest BCUT2D eigenvalue weighted by Gasteiger charge is -2.21. The van der Waals surface area contributed by atoms with E-state index in [0.717, 1.165) is 17.7 Å². The lowest BCUT2D eigenvalue weighted by atomic mass is 10.1. The summed E-state index contributed by atoms with van der Waals surface area (Å²) >= 11 is 0. The highest BCUT2D eigenvalue weighted by molar-refractivity contribution is 5.35. The fourth-order valence-electron chi connectivity index (χ4n) is 1.66. The Hall–Kier alpha value is -1.06. The second-order valence-corrected chi connectivity index (χ2v) is 4.14. The van der Waals surface area contributed by atoms with Crippen LogP contribution in [0.25, 0.3) is 0 Å². The summed E-state index contributed by atoms with van der Waals surface area (Å²) in [5.41, 5.74) is 1.14. The fraction of sp³-hybridized carbons (Fsp3) is 0.571. The van der Waals surface area contributed by atoms with E-state index in [2.05, 4.69) is 25.2 Å². The molecule has 1 aromatic rings. The second kappa shape index (κ2) is 7.30. The van der Waals surface area contributed by atoms with E-state index in [1.54, 1.807) is 7.11 Å². The first-order chi connectivity index (χ1) is 8.22. The van der Waals surface area contributed by atoms with Crippen molar-refractivity contribution in [2.45, 2.75) is 32.4 Å². The molecule has 0 aromatic heterocycles. The second-order valence-electron chi connectivity index (χ2n) is 4.14. The number of nitrogens with one attached hydrogen (secondary N) is 1. The predicted molar refractivity (Wildman–Crippen MR) is 70.5 cm³/mol. The minimum absolute atomic E-state index is 0.167. The standard InChI is InChI=1S/C14H23NO2/c1-5-11(2)17-10-13(15-3)12-8-6-7-9-14(12)16-4/h6-9,11,13,15H,5,10H2,1-4H3. The predicted octanol–water partition coefficient (Wildman–Crippen LogP) is 2.77. The number of hydrogen-bond acceptors (Lipinski definition) is 3. The van der Waals surface area contributed by atoms with Crippen LogP contribution in [0.3, 0.4) is 0 Å². The average Bonchev–Trinajstić information content (AvgIpc) is 2.39. The fourth-order valence-corrected chi connectivity index (χ4v) is 1.66. The van der Waals surface area contributed by atoms with Crippen LogP contribution < -0.4 is 10.1 Å². The van der Waals surface area contributed by atoms with Gasteiger partial charge >= 0.3 is 0 Å². The molecule has 0 saturated heterocycles. The van der Waals surface area contributed by atoms with Crippen LogP contribution in [0.15, 0.2) is 24.3 Å². The summed E-state index contributed by atoms with van der Waals surface area (Å²) in [6, 6.07) is 8.21. The molecule has 17 heavy (non-hydrogen) atoms. The van der Waals surface area contributed by atoms with Gasteiger partial charge in [-0.2, -0.15) is 0 Å². The van der Waals surface area contributed by atoms with Crippen LogP contribution in [0, 0.1) is 0 Å². The van der Waals surface area contributed by atoms with Crippen LogP contribution in [0.4, 0.5) is 0 Å². The van der Waals surface area contributed by atoms with Gasteiger partial charge in [0.05, 0.1) is 25.9 Å². The number of para-hydroxylation sites is 1. The molecule has 96 valence electrons. The first-order valence-corrected chi connectivity index (χ1v) is 6.14. The Bertz CT molecular complexity index is 328. The molecule has 3 heteroatoms. The molecule has 1 aromatic carbocycles. The number of methoxy groups -OCH3 is 1. The maximum atomic E-state index is 5.78. The van der Waals surface area contributed by atoms with Gasteiger partial charge in [0.25, 0.3) is 0 Å². The third kappa shape index (κ3) is 4.02. The highest BCUT2D eigenvalue weighted by atomic mass is 16.5. The Kier molecular flexibility index (Phi) is 6.01. The molecule has 0 amide bonds. The zero-order valence-electron chi connectivity index (χ0n) is 11.2. The molecule has 2 unspecified atom stereocenters. The lowest BCUT2D eigenvalue weighted by Crippen LogP contribution is -2.24. The number of ether oxygens (including phenoxy) is 2. The highest BCUT2D eigenvalue weighted by Gasteiger charge is 2.14. The Morgan fingerprint density at radius 3 is 2.59 bits per heavy atom. The zero-order valence-corrected chi connectivity index (χ0v) is 11.2. The molecule has 2 atom stereocenters. The van der Waals surface area contributed by atoms with Gasteiger partial charge in [-0.05, 0) is 26.5 Å². The Morgan fingerprint density at radius 1 is 1.29 bits per heavy atom. The average molecular weight is 237 g/mol. The van der Waals surface area contributed by atoms with Crippen molar-refractivity contribution in [3.8, 4) is 5.75 Å². The van der Waals surface area contributed by atoms with Gasteiger partial charge in [0.15, 0.2) is 0 Å². The summed E-state index contributed by atoms with van der Waals surface area (Å²) in [4.78, 5) is 0. The molecule has 0 fully saturated rings. The molecule has 1 N–H and O–H groups in total. The minimum atomic E-state index is 0.167. The van der Waals surface area contributed by atoms with Crippen molar-refractivity contribution >= 4 is 0 Å². The van der Waals surface area contributed by atoms with Gasteiger partial charge in [0, 0.05) is 5.56 Å². The summed E-state index contributed by atoms with van der Waals surface area (Å²) in [5.74, 6) is 0.902. The van der Waals surface area contributed by atoms with Gasteiger partial charge in [-0.1, -0.05) is 25.1 Å². The molecule has 3 nitrogen and oxygen atoms in total. The summed E-state index contributed by atoms with van der Waals surface area (Å²) < 4.78 is 11.1. The third-order valence-electron chi connectivity index (χ3n) is 2.99. The molecular formula is C14H23NO2. The molecule has 0 aliphatic carbocycles. The minimum Gasteiger partial charge on any atom is -0.496 e. The number of rotatable bonds is 7. The van der Waals surface area contributed by atoms with E-state index in [-0.39, 0.29) is 6.04 Å². The van der Waals surface area contributed by atoms with E-state index in [9.17, 15) is 0 Å². The topological polar surface area (TPSA) is 30.5 Å². The van der Waals surface area contributed by atoms with Crippen molar-refractivity contribution in [1.29, 1.82) is 0 Å². The number of hydrogen-bond donors (Lipinski definition) is 1. The normalized spacial score (nSPS) is 14.4. The molecule has 1 rings (SSSR count). The molecule has 0 radical (unpaired) electrons. The van der Waals surface area contributed by atoms with E-state index < -0.39 is 0 Å². The number of likely N-dealkylation sites (N-methyl/N-ethyl adjacent to an activating group) is 1. The van der Waals surface area contributed by atoms with E-state index in [4.69, 9.17) is 9.47 Å². The molecule has 0 aliphatic rings. The van der Waals surface area contributed by atoms with Crippen LogP contribution in [-0.2, 0) is 4.74 Å². The van der Waals surface area contributed by atoms with Crippen molar-refractivity contribution in [2.24, 2.45) is 0 Å². The highest BCUT2D eigenvalue weighted by Crippen LogP contribution is 2.25. The largest absolute Gasteiger partial charge is 0.496 e. The molecule has 0 saturated carbocycles. The molecule has 0 heterocycles. The Labute approximate surface area is 104 Å². The van der Waals surface area contributed by atoms with Gasteiger partial charge in [-0.15, -0.1) is 0 Å². The molecule has 0 spiro atoms. The van der Waals surface area contributed by atoms with Gasteiger partial charge in [-0.25, -0.2) is 0 Å². The molecule has 0 bridgehead atoms. The van der Waals surface area contributed by atoms with Crippen LogP contribution in [0.2, 0.25) is 0 Å². The van der Waals surface area contributed by atoms with Crippen LogP contribution in [0.1, 0.15) is 31.9 Å². The maximum Gasteiger partial charge on any atom is 0.123 e. The van der Waals surface area contributed by atoms with Crippen molar-refractivity contribution in [3.05, 3.63) is 29.8 Å². The maximum absolute atomic E-state index is 5.78. The van der Waals surface area contributed by atoms with E-state index in [1.165, 1.54) is 0 Å². The van der Waals surface area contributed by atoms with Crippen LogP contribution in [-0.4, -0.2) is 26.9 Å². The van der Waals surface area contributed by atoms with Crippen molar-refractivity contribution in [2.75, 3.05) is 20.8 Å². The van der Waals surface area contributed by atoms with Crippen molar-refractivity contribution in [3.63, 3.8) is 0 Å². The first-order valence-electron chi connectivity index (χ1n) is 6.14. The van der Waals surface area contributed by atoms with E-state index in [0.29, 0.717) is 12.7 Å². The lowest BCUT2D eigenvalue weighted by molar-refractivity contribution is 0.0483. The smallest absolute Gasteiger partial charge is 0.123 e. The summed E-state index contributed by atoms with van der Waals surface area (Å²) in [7, 11) is 3.64. The Morgan fingerprint density at radius 2 is 2.00 bits per heavy atom. The van der Waals surface area contributed by atoms with Crippen molar-refractivity contribution in [1.82, 2.24) is 5.32 Å². The zero-order chi connectivity index (χ0) is 12.7. The van der Waals surface area contributed by atoms with Crippen LogP contribution >= 0.6 is 0 Å². The van der Waals surface area contributed by atoms with Crippen molar-refractivity contribution < 1.29 is 9.47 Å². The number of benzene rings is 1. The third-order valence-corrected chi connectivity index (χ3v) is 2.99. The monoisotopic (exact) mass is 237 g/mol. The molecule has 0 aliphatic heterocycles.